The molecule has 4 aromatic rings. The summed E-state index contributed by atoms with van der Waals surface area (Å²) in [5, 5.41) is 8.37. The second-order valence-corrected chi connectivity index (χ2v) is 7.28. The van der Waals surface area contributed by atoms with Crippen LogP contribution in [-0.4, -0.2) is 16.0 Å². The predicted molar refractivity (Wildman–Crippen MR) is 110 cm³/mol. The Morgan fingerprint density at radius 1 is 1.21 bits per heavy atom. The number of amides is 1. The number of aromatic nitrogens is 2. The van der Waals surface area contributed by atoms with Gasteiger partial charge in [-0.05, 0) is 43.2 Å². The molecule has 6 heteroatoms. The zero-order valence-electron chi connectivity index (χ0n) is 15.6. The summed E-state index contributed by atoms with van der Waals surface area (Å²) in [6.45, 7) is 4.05. The van der Waals surface area contributed by atoms with E-state index >= 15 is 0 Å². The van der Waals surface area contributed by atoms with Crippen molar-refractivity contribution in [1.82, 2.24) is 15.5 Å². The van der Waals surface area contributed by atoms with Gasteiger partial charge in [-0.3, -0.25) is 4.79 Å². The van der Waals surface area contributed by atoms with Crippen LogP contribution in [0.15, 0.2) is 59.1 Å². The van der Waals surface area contributed by atoms with Gasteiger partial charge in [0.1, 0.15) is 0 Å². The van der Waals surface area contributed by atoms with Crippen LogP contribution in [0.5, 0.6) is 0 Å². The van der Waals surface area contributed by atoms with Gasteiger partial charge in [0, 0.05) is 22.0 Å². The number of hydrogen-bond donors (Lipinski definition) is 2. The summed E-state index contributed by atoms with van der Waals surface area (Å²) >= 11 is 6.24. The molecule has 0 aliphatic heterocycles. The molecule has 142 valence electrons. The number of carbonyl (C=O) groups is 1. The molecule has 1 amide bonds. The van der Waals surface area contributed by atoms with Crippen molar-refractivity contribution in [3.8, 4) is 11.3 Å². The molecule has 2 N–H and O–H groups in total. The Morgan fingerprint density at radius 3 is 2.71 bits per heavy atom. The second-order valence-electron chi connectivity index (χ2n) is 6.84. The Balaban J connectivity index is 1.71. The van der Waals surface area contributed by atoms with Crippen LogP contribution < -0.4 is 5.32 Å². The van der Waals surface area contributed by atoms with E-state index in [1.807, 2.05) is 68.4 Å². The molecule has 0 spiro atoms. The normalized spacial score (nSPS) is 12.2. The van der Waals surface area contributed by atoms with Gasteiger partial charge in [-0.15, -0.1) is 0 Å². The number of nitrogens with zero attached hydrogens (tertiary/aromatic N) is 1. The third kappa shape index (κ3) is 3.53. The summed E-state index contributed by atoms with van der Waals surface area (Å²) in [4.78, 5) is 16.4. The lowest BCUT2D eigenvalue weighted by Crippen LogP contribution is -2.27. The Labute approximate surface area is 167 Å². The van der Waals surface area contributed by atoms with Crippen LogP contribution in [0.2, 0.25) is 5.02 Å². The van der Waals surface area contributed by atoms with Crippen molar-refractivity contribution in [3.05, 3.63) is 76.6 Å². The van der Waals surface area contributed by atoms with Crippen molar-refractivity contribution in [2.24, 2.45) is 0 Å². The van der Waals surface area contributed by atoms with E-state index in [9.17, 15) is 4.79 Å². The minimum absolute atomic E-state index is 0.0906. The molecule has 0 bridgehead atoms. The third-order valence-electron chi connectivity index (χ3n) is 4.80. The molecule has 0 aliphatic carbocycles. The molecule has 4 rings (SSSR count). The molecule has 28 heavy (non-hydrogen) atoms. The Kier molecular flexibility index (Phi) is 4.92. The zero-order chi connectivity index (χ0) is 19.7. The lowest BCUT2D eigenvalue weighted by atomic mass is 9.94. The maximum absolute atomic E-state index is 12.9. The highest BCUT2D eigenvalue weighted by molar-refractivity contribution is 6.31. The fraction of sp³-hybridized carbons (Fsp3) is 0.182. The van der Waals surface area contributed by atoms with Crippen LogP contribution in [0.1, 0.15) is 29.9 Å². The topological polar surface area (TPSA) is 70.9 Å². The van der Waals surface area contributed by atoms with Crippen molar-refractivity contribution in [2.45, 2.75) is 26.3 Å². The first-order valence-electron chi connectivity index (χ1n) is 9.09. The fourth-order valence-electron chi connectivity index (χ4n) is 3.43. The number of carbonyl (C=O) groups excluding carboxylic acids is 1. The zero-order valence-corrected chi connectivity index (χ0v) is 16.4. The second kappa shape index (κ2) is 7.52. The smallest absolute Gasteiger partial charge is 0.227 e. The van der Waals surface area contributed by atoms with Gasteiger partial charge < -0.3 is 14.8 Å². The highest BCUT2D eigenvalue weighted by Crippen LogP contribution is 2.36. The number of hydrogen-bond acceptors (Lipinski definition) is 3. The number of nitrogens with one attached hydrogen (secondary N) is 2. The summed E-state index contributed by atoms with van der Waals surface area (Å²) in [6.07, 6.45) is 0. The maximum atomic E-state index is 12.9. The van der Waals surface area contributed by atoms with Crippen LogP contribution in [0.3, 0.4) is 0 Å². The van der Waals surface area contributed by atoms with Crippen molar-refractivity contribution < 1.29 is 9.32 Å². The van der Waals surface area contributed by atoms with Gasteiger partial charge in [-0.2, -0.15) is 0 Å². The number of benzene rings is 2. The number of aromatic amines is 1. The van der Waals surface area contributed by atoms with E-state index in [1.54, 1.807) is 0 Å². The minimum Gasteiger partial charge on any atom is -0.359 e. The molecule has 5 nitrogen and oxygen atoms in total. The van der Waals surface area contributed by atoms with Gasteiger partial charge in [-0.1, -0.05) is 47.1 Å². The maximum Gasteiger partial charge on any atom is 0.227 e. The molecule has 0 saturated carbocycles. The first-order chi connectivity index (χ1) is 13.5. The molecule has 2 heterocycles. The summed E-state index contributed by atoms with van der Waals surface area (Å²) in [5.41, 5.74) is 4.61. The van der Waals surface area contributed by atoms with E-state index in [2.05, 4.69) is 15.5 Å². The van der Waals surface area contributed by atoms with Crippen LogP contribution in [-0.2, 0) is 11.3 Å². The predicted octanol–water partition coefficient (Wildman–Crippen LogP) is 5.20. The number of aryl methyl sites for hydroxylation is 1. The SMILES string of the molecule is Cc1cc(CNC(=O)C(C)c2c(-c3ccccc3)[nH]c3ccc(Cl)cc23)on1. The Morgan fingerprint density at radius 2 is 2.00 bits per heavy atom. The van der Waals surface area contributed by atoms with Crippen molar-refractivity contribution in [1.29, 1.82) is 0 Å². The van der Waals surface area contributed by atoms with Crippen LogP contribution in [0.25, 0.3) is 22.2 Å². The van der Waals surface area contributed by atoms with Crippen molar-refractivity contribution >= 4 is 28.4 Å². The number of H-pyrrole nitrogens is 1. The molecule has 0 fully saturated rings. The fourth-order valence-corrected chi connectivity index (χ4v) is 3.60. The summed E-state index contributed by atoms with van der Waals surface area (Å²) < 4.78 is 5.18. The van der Waals surface area contributed by atoms with Crippen molar-refractivity contribution in [2.75, 3.05) is 0 Å². The van der Waals surface area contributed by atoms with Gasteiger partial charge in [-0.25, -0.2) is 0 Å². The minimum atomic E-state index is -0.383. The first kappa shape index (κ1) is 18.3. The van der Waals surface area contributed by atoms with Gasteiger partial charge in [0.15, 0.2) is 5.76 Å². The first-order valence-corrected chi connectivity index (χ1v) is 9.47. The highest BCUT2D eigenvalue weighted by Gasteiger charge is 2.24. The quantitative estimate of drug-likeness (QED) is 0.489. The van der Waals surface area contributed by atoms with E-state index in [0.29, 0.717) is 17.3 Å². The summed E-state index contributed by atoms with van der Waals surface area (Å²) in [5.74, 6) is 0.154. The van der Waals surface area contributed by atoms with Crippen molar-refractivity contribution in [3.63, 3.8) is 0 Å². The Hall–Kier alpha value is -3.05. The lowest BCUT2D eigenvalue weighted by molar-refractivity contribution is -0.122. The summed E-state index contributed by atoms with van der Waals surface area (Å²) in [7, 11) is 0. The van der Waals surface area contributed by atoms with Crippen LogP contribution in [0, 0.1) is 6.92 Å². The van der Waals surface area contributed by atoms with Gasteiger partial charge in [0.05, 0.1) is 23.9 Å². The van der Waals surface area contributed by atoms with Crippen LogP contribution >= 0.6 is 11.6 Å². The molecule has 0 saturated heterocycles. The average molecular weight is 394 g/mol. The molecule has 1 unspecified atom stereocenters. The largest absolute Gasteiger partial charge is 0.359 e. The summed E-state index contributed by atoms with van der Waals surface area (Å²) in [6, 6.07) is 17.5. The molecule has 0 aliphatic rings. The van der Waals surface area contributed by atoms with Crippen LogP contribution in [0.4, 0.5) is 0 Å². The molecule has 0 radical (unpaired) electrons. The molecule has 1 atom stereocenters. The van der Waals surface area contributed by atoms with E-state index < -0.39 is 0 Å². The van der Waals surface area contributed by atoms with Gasteiger partial charge in [0.2, 0.25) is 5.91 Å². The lowest BCUT2D eigenvalue weighted by Gasteiger charge is -2.14. The number of halogens is 1. The third-order valence-corrected chi connectivity index (χ3v) is 5.04. The van der Waals surface area contributed by atoms with E-state index in [4.69, 9.17) is 16.1 Å². The number of fused-ring (bicyclic) bond motifs is 1. The molecular formula is C22H20ClN3O2. The number of rotatable bonds is 5. The highest BCUT2D eigenvalue weighted by atomic mass is 35.5. The molecule has 2 aromatic carbocycles. The average Bonchev–Trinajstić information content (AvgIpc) is 3.29. The molecular weight excluding hydrogens is 374 g/mol. The van der Waals surface area contributed by atoms with Gasteiger partial charge in [0.25, 0.3) is 0 Å². The van der Waals surface area contributed by atoms with E-state index in [-0.39, 0.29) is 11.8 Å². The van der Waals surface area contributed by atoms with E-state index in [1.165, 1.54) is 0 Å². The molecule has 2 aromatic heterocycles. The standard InChI is InChI=1S/C22H20ClN3O2/c1-13-10-17(28-26-13)12-24-22(27)14(2)20-18-11-16(23)8-9-19(18)25-21(20)15-6-4-3-5-7-15/h3-11,14,25H,12H2,1-2H3,(H,24,27). The monoisotopic (exact) mass is 393 g/mol. The van der Waals surface area contributed by atoms with E-state index in [0.717, 1.165) is 33.4 Å². The Bertz CT molecular complexity index is 1130. The van der Waals surface area contributed by atoms with Gasteiger partial charge >= 0.3 is 0 Å².